The van der Waals surface area contributed by atoms with E-state index in [2.05, 4.69) is 0 Å². The fraction of sp³-hybridized carbons (Fsp3) is 0.867. The largest absolute Gasteiger partial charge is 0.479 e. The highest BCUT2D eigenvalue weighted by molar-refractivity contribution is 5.84. The number of carbonyl (C=O) groups is 2. The number of morpholine rings is 1. The molecule has 1 saturated heterocycles. The number of fused-ring (bicyclic) bond motifs is 5. The van der Waals surface area contributed by atoms with Crippen LogP contribution in [-0.2, 0) is 14.3 Å². The van der Waals surface area contributed by atoms with E-state index in [1.54, 1.807) is 4.90 Å². The first-order valence-electron chi connectivity index (χ1n) is 7.73. The summed E-state index contributed by atoms with van der Waals surface area (Å²) < 4.78 is 5.38. The van der Waals surface area contributed by atoms with Gasteiger partial charge in [0.2, 0.25) is 5.91 Å². The third-order valence-electron chi connectivity index (χ3n) is 5.87. The summed E-state index contributed by atoms with van der Waals surface area (Å²) >= 11 is 0. The Kier molecular flexibility index (Phi) is 2.65. The van der Waals surface area contributed by atoms with E-state index in [1.807, 2.05) is 6.92 Å². The molecule has 0 aromatic rings. The molecule has 3 saturated carbocycles. The normalized spacial score (nSPS) is 49.0. The van der Waals surface area contributed by atoms with Crippen molar-refractivity contribution in [3.8, 4) is 0 Å². The molecule has 110 valence electrons. The lowest BCUT2D eigenvalue weighted by molar-refractivity contribution is -0.167. The first-order valence-corrected chi connectivity index (χ1v) is 7.73. The molecule has 4 rings (SSSR count). The van der Waals surface area contributed by atoms with Gasteiger partial charge in [-0.1, -0.05) is 0 Å². The molecule has 1 N–H and O–H groups in total. The minimum atomic E-state index is -0.967. The summed E-state index contributed by atoms with van der Waals surface area (Å²) in [5.74, 6) is 2.19. The van der Waals surface area contributed by atoms with Crippen molar-refractivity contribution in [2.24, 2.45) is 29.6 Å². The molecule has 2 bridgehead atoms. The van der Waals surface area contributed by atoms with Crippen LogP contribution < -0.4 is 0 Å². The zero-order chi connectivity index (χ0) is 14.0. The average Bonchev–Trinajstić information content (AvgIpc) is 2.84. The lowest BCUT2D eigenvalue weighted by Gasteiger charge is -2.35. The number of nitrogens with zero attached hydrogens (tertiary/aromatic N) is 1. The minimum Gasteiger partial charge on any atom is -0.479 e. The van der Waals surface area contributed by atoms with E-state index >= 15 is 0 Å². The first-order chi connectivity index (χ1) is 9.56. The van der Waals surface area contributed by atoms with Crippen LogP contribution >= 0.6 is 0 Å². The second-order valence-electron chi connectivity index (χ2n) is 7.03. The number of carboxylic acid groups (broad SMARTS) is 1. The summed E-state index contributed by atoms with van der Waals surface area (Å²) in [5, 5.41) is 9.10. The van der Waals surface area contributed by atoms with Gasteiger partial charge in [0, 0.05) is 12.5 Å². The van der Waals surface area contributed by atoms with E-state index < -0.39 is 12.1 Å². The van der Waals surface area contributed by atoms with Crippen LogP contribution in [-0.4, -0.2) is 47.2 Å². The van der Waals surface area contributed by atoms with Crippen molar-refractivity contribution in [2.45, 2.75) is 38.4 Å². The lowest BCUT2D eigenvalue weighted by Crippen LogP contribution is -2.52. The van der Waals surface area contributed by atoms with Gasteiger partial charge in [-0.3, -0.25) is 4.79 Å². The minimum absolute atomic E-state index is 0.191. The second kappa shape index (κ2) is 4.20. The Balaban J connectivity index is 1.45. The van der Waals surface area contributed by atoms with Crippen molar-refractivity contribution in [1.29, 1.82) is 0 Å². The maximum Gasteiger partial charge on any atom is 0.334 e. The predicted octanol–water partition coefficient (Wildman–Crippen LogP) is 0.979. The highest BCUT2D eigenvalue weighted by Gasteiger charge is 2.68. The molecule has 0 spiro atoms. The van der Waals surface area contributed by atoms with Crippen LogP contribution in [0.25, 0.3) is 0 Å². The molecule has 1 heterocycles. The SMILES string of the molecule is C[C@@H]1CN(C(=O)C2C3C4CCC(C4)C23)CC(C(=O)O)O1. The molecule has 1 aliphatic heterocycles. The molecule has 20 heavy (non-hydrogen) atoms. The van der Waals surface area contributed by atoms with Gasteiger partial charge < -0.3 is 14.7 Å². The maximum atomic E-state index is 12.7. The summed E-state index contributed by atoms with van der Waals surface area (Å²) in [7, 11) is 0. The predicted molar refractivity (Wildman–Crippen MR) is 69.9 cm³/mol. The molecular weight excluding hydrogens is 258 g/mol. The Bertz CT molecular complexity index is 449. The molecule has 6 atom stereocenters. The second-order valence-corrected chi connectivity index (χ2v) is 7.03. The fourth-order valence-corrected chi connectivity index (χ4v) is 5.13. The molecule has 3 aliphatic carbocycles. The van der Waals surface area contributed by atoms with Crippen LogP contribution in [0.2, 0.25) is 0 Å². The van der Waals surface area contributed by atoms with Crippen molar-refractivity contribution in [2.75, 3.05) is 13.1 Å². The number of carboxylic acids is 1. The summed E-state index contributed by atoms with van der Waals surface area (Å²) in [6, 6.07) is 0. The smallest absolute Gasteiger partial charge is 0.334 e. The molecular formula is C15H21NO4. The zero-order valence-electron chi connectivity index (χ0n) is 11.7. The molecule has 4 aliphatic rings. The molecule has 5 heteroatoms. The van der Waals surface area contributed by atoms with Crippen LogP contribution in [0.4, 0.5) is 0 Å². The Hall–Kier alpha value is -1.10. The van der Waals surface area contributed by atoms with Crippen LogP contribution in [0.15, 0.2) is 0 Å². The fourth-order valence-electron chi connectivity index (χ4n) is 5.13. The molecule has 1 amide bonds. The van der Waals surface area contributed by atoms with Crippen LogP contribution in [0.3, 0.4) is 0 Å². The summed E-state index contributed by atoms with van der Waals surface area (Å²) in [5.41, 5.74) is 0. The topological polar surface area (TPSA) is 66.8 Å². The van der Waals surface area contributed by atoms with Gasteiger partial charge in [-0.25, -0.2) is 4.79 Å². The zero-order valence-corrected chi connectivity index (χ0v) is 11.7. The van der Waals surface area contributed by atoms with Crippen LogP contribution in [0.5, 0.6) is 0 Å². The van der Waals surface area contributed by atoms with Gasteiger partial charge in [0.1, 0.15) is 0 Å². The van der Waals surface area contributed by atoms with E-state index in [-0.39, 0.29) is 24.5 Å². The quantitative estimate of drug-likeness (QED) is 0.818. The number of aliphatic carboxylic acids is 1. The Labute approximate surface area is 118 Å². The van der Waals surface area contributed by atoms with Crippen molar-refractivity contribution >= 4 is 11.9 Å². The van der Waals surface area contributed by atoms with Crippen molar-refractivity contribution < 1.29 is 19.4 Å². The maximum absolute atomic E-state index is 12.7. The first kappa shape index (κ1) is 12.6. The van der Waals surface area contributed by atoms with Gasteiger partial charge in [-0.2, -0.15) is 0 Å². The molecule has 4 fully saturated rings. The standard InChI is InChI=1S/C15H21NO4/c1-7-5-16(6-10(20-7)15(18)19)14(17)13-11-8-2-3-9(4-8)12(11)13/h7-13H,2-6H2,1H3,(H,18,19)/t7-,8?,9?,10?,11?,12?,13?/m1/s1. The highest BCUT2D eigenvalue weighted by Crippen LogP contribution is 2.69. The number of rotatable bonds is 2. The Morgan fingerprint density at radius 3 is 2.40 bits per heavy atom. The molecule has 0 aromatic carbocycles. The van der Waals surface area contributed by atoms with E-state index in [9.17, 15) is 9.59 Å². The third-order valence-corrected chi connectivity index (χ3v) is 5.87. The van der Waals surface area contributed by atoms with E-state index in [0.717, 1.165) is 11.8 Å². The van der Waals surface area contributed by atoms with Gasteiger partial charge in [0.05, 0.1) is 12.6 Å². The summed E-state index contributed by atoms with van der Waals surface area (Å²) in [4.78, 5) is 25.5. The van der Waals surface area contributed by atoms with Crippen molar-refractivity contribution in [3.05, 3.63) is 0 Å². The number of hydrogen-bond donors (Lipinski definition) is 1. The molecule has 0 aromatic heterocycles. The van der Waals surface area contributed by atoms with E-state index in [4.69, 9.17) is 9.84 Å². The van der Waals surface area contributed by atoms with E-state index in [0.29, 0.717) is 18.4 Å². The van der Waals surface area contributed by atoms with Gasteiger partial charge in [-0.15, -0.1) is 0 Å². The number of amides is 1. The van der Waals surface area contributed by atoms with Gasteiger partial charge in [-0.05, 0) is 49.9 Å². The van der Waals surface area contributed by atoms with Gasteiger partial charge in [0.15, 0.2) is 6.10 Å². The summed E-state index contributed by atoms with van der Waals surface area (Å²) in [6.07, 6.45) is 2.87. The Morgan fingerprint density at radius 2 is 1.80 bits per heavy atom. The lowest BCUT2D eigenvalue weighted by atomic mass is 10.0. The molecule has 0 radical (unpaired) electrons. The number of ether oxygens (including phenoxy) is 1. The highest BCUT2D eigenvalue weighted by atomic mass is 16.5. The van der Waals surface area contributed by atoms with Crippen LogP contribution in [0.1, 0.15) is 26.2 Å². The number of carbonyl (C=O) groups excluding carboxylic acids is 1. The molecule has 5 nitrogen and oxygen atoms in total. The monoisotopic (exact) mass is 279 g/mol. The van der Waals surface area contributed by atoms with Crippen molar-refractivity contribution in [3.63, 3.8) is 0 Å². The molecule has 5 unspecified atom stereocenters. The third kappa shape index (κ3) is 1.72. The van der Waals surface area contributed by atoms with Crippen LogP contribution in [0, 0.1) is 29.6 Å². The summed E-state index contributed by atoms with van der Waals surface area (Å²) in [6.45, 7) is 2.59. The van der Waals surface area contributed by atoms with Gasteiger partial charge in [0.25, 0.3) is 0 Å². The average molecular weight is 279 g/mol. The van der Waals surface area contributed by atoms with Crippen molar-refractivity contribution in [1.82, 2.24) is 4.90 Å². The van der Waals surface area contributed by atoms with Gasteiger partial charge >= 0.3 is 5.97 Å². The number of hydrogen-bond acceptors (Lipinski definition) is 3. The van der Waals surface area contributed by atoms with E-state index in [1.165, 1.54) is 19.3 Å². The Morgan fingerprint density at radius 1 is 1.15 bits per heavy atom.